The average Bonchev–Trinajstić information content (AvgIpc) is 2.28. The molecule has 0 aliphatic heterocycles. The molecule has 16 heavy (non-hydrogen) atoms. The molecule has 1 rings (SSSR count). The van der Waals surface area contributed by atoms with Crippen LogP contribution in [0.25, 0.3) is 0 Å². The van der Waals surface area contributed by atoms with Gasteiger partial charge in [-0.2, -0.15) is 0 Å². The fourth-order valence-corrected chi connectivity index (χ4v) is 1.41. The third-order valence-electron chi connectivity index (χ3n) is 2.56. The summed E-state index contributed by atoms with van der Waals surface area (Å²) in [5, 5.41) is 11.8. The van der Waals surface area contributed by atoms with Gasteiger partial charge in [0.2, 0.25) is 0 Å². The molecule has 1 heterocycles. The Balaban J connectivity index is 2.74. The molecular formula is C11H16N2O2S. The van der Waals surface area contributed by atoms with Crippen molar-refractivity contribution in [1.29, 1.82) is 0 Å². The molecule has 2 atom stereocenters. The van der Waals surface area contributed by atoms with Crippen LogP contribution in [-0.2, 0) is 0 Å². The lowest BCUT2D eigenvalue weighted by atomic mass is 10.0. The molecule has 5 heteroatoms. The number of nitrogens with one attached hydrogen (secondary N) is 2. The second-order valence-corrected chi connectivity index (χ2v) is 4.24. The van der Waals surface area contributed by atoms with Crippen molar-refractivity contribution in [2.24, 2.45) is 5.92 Å². The fourth-order valence-electron chi connectivity index (χ4n) is 1.19. The third kappa shape index (κ3) is 3.15. The fraction of sp³-hybridized carbons (Fsp3) is 0.455. The van der Waals surface area contributed by atoms with E-state index in [0.717, 1.165) is 0 Å². The first kappa shape index (κ1) is 12.9. The Morgan fingerprint density at radius 2 is 2.31 bits per heavy atom. The number of aliphatic hydroxyl groups is 1. The zero-order chi connectivity index (χ0) is 12.1. The minimum atomic E-state index is -0.213. The van der Waals surface area contributed by atoms with Crippen LogP contribution < -0.4 is 5.32 Å². The summed E-state index contributed by atoms with van der Waals surface area (Å²) in [7, 11) is 0. The molecule has 0 saturated heterocycles. The molecule has 0 fully saturated rings. The van der Waals surface area contributed by atoms with Crippen molar-refractivity contribution in [2.75, 3.05) is 6.61 Å². The summed E-state index contributed by atoms with van der Waals surface area (Å²) >= 11 is 5.01. The number of pyridine rings is 1. The molecule has 3 N–H and O–H groups in total. The number of carbonyl (C=O) groups is 1. The van der Waals surface area contributed by atoms with E-state index in [2.05, 4.69) is 10.3 Å². The number of rotatable bonds is 4. The lowest BCUT2D eigenvalue weighted by molar-refractivity contribution is 0.0915. The summed E-state index contributed by atoms with van der Waals surface area (Å²) in [4.78, 5) is 14.6. The van der Waals surface area contributed by atoms with Crippen molar-refractivity contribution >= 4 is 18.1 Å². The Morgan fingerprint density at radius 3 is 2.88 bits per heavy atom. The van der Waals surface area contributed by atoms with E-state index in [1.54, 1.807) is 18.3 Å². The van der Waals surface area contributed by atoms with Crippen molar-refractivity contribution in [3.63, 3.8) is 0 Å². The normalized spacial score (nSPS) is 14.2. The van der Waals surface area contributed by atoms with Crippen molar-refractivity contribution in [1.82, 2.24) is 10.3 Å². The van der Waals surface area contributed by atoms with Gasteiger partial charge in [-0.1, -0.05) is 19.1 Å². The number of carbonyl (C=O) groups excluding carboxylic acids is 1. The monoisotopic (exact) mass is 240 g/mol. The molecule has 1 aromatic heterocycles. The Hall–Kier alpha value is -1.20. The Morgan fingerprint density at radius 1 is 1.62 bits per heavy atom. The molecule has 0 radical (unpaired) electrons. The first-order valence-electron chi connectivity index (χ1n) is 5.15. The molecular weight excluding hydrogens is 224 g/mol. The van der Waals surface area contributed by atoms with Gasteiger partial charge in [0.05, 0.1) is 5.56 Å². The standard InChI is InChI=1S/C11H16N2O2S/c1-7(6-14)8(2)13-10(15)9-4-3-5-12-11(9)16/h3-5,7-8,14H,6H2,1-2H3,(H,12,16)(H,13,15). The zero-order valence-electron chi connectivity index (χ0n) is 9.36. The van der Waals surface area contributed by atoms with E-state index in [1.807, 2.05) is 13.8 Å². The van der Waals surface area contributed by atoms with Crippen molar-refractivity contribution in [2.45, 2.75) is 19.9 Å². The number of aromatic nitrogens is 1. The number of aromatic amines is 1. The quantitative estimate of drug-likeness (QED) is 0.699. The minimum absolute atomic E-state index is 0.0187. The molecule has 0 aliphatic rings. The van der Waals surface area contributed by atoms with E-state index in [1.165, 1.54) is 0 Å². The van der Waals surface area contributed by atoms with E-state index < -0.39 is 0 Å². The highest BCUT2D eigenvalue weighted by Crippen LogP contribution is 2.04. The van der Waals surface area contributed by atoms with Gasteiger partial charge in [0, 0.05) is 18.8 Å². The summed E-state index contributed by atoms with van der Waals surface area (Å²) in [6.07, 6.45) is 1.68. The maximum atomic E-state index is 11.8. The maximum absolute atomic E-state index is 11.8. The van der Waals surface area contributed by atoms with E-state index in [4.69, 9.17) is 17.3 Å². The summed E-state index contributed by atoms with van der Waals surface area (Å²) in [5.41, 5.74) is 0.453. The van der Waals surface area contributed by atoms with Crippen molar-refractivity contribution in [3.8, 4) is 0 Å². The topological polar surface area (TPSA) is 65.1 Å². The lowest BCUT2D eigenvalue weighted by Crippen LogP contribution is -2.38. The number of hydrogen-bond donors (Lipinski definition) is 3. The third-order valence-corrected chi connectivity index (χ3v) is 2.90. The molecule has 88 valence electrons. The van der Waals surface area contributed by atoms with Gasteiger partial charge >= 0.3 is 0 Å². The summed E-state index contributed by atoms with van der Waals surface area (Å²) in [6, 6.07) is 3.31. The first-order chi connectivity index (χ1) is 7.56. The van der Waals surface area contributed by atoms with Gasteiger partial charge in [-0.3, -0.25) is 4.79 Å². The van der Waals surface area contributed by atoms with Crippen molar-refractivity contribution in [3.05, 3.63) is 28.5 Å². The predicted octanol–water partition coefficient (Wildman–Crippen LogP) is 1.49. The van der Waals surface area contributed by atoms with Gasteiger partial charge in [0.25, 0.3) is 5.91 Å². The van der Waals surface area contributed by atoms with Crippen LogP contribution in [0.15, 0.2) is 18.3 Å². The predicted molar refractivity (Wildman–Crippen MR) is 64.8 cm³/mol. The summed E-state index contributed by atoms with van der Waals surface area (Å²) < 4.78 is 0.420. The Kier molecular flexibility index (Phi) is 4.64. The minimum Gasteiger partial charge on any atom is -0.396 e. The van der Waals surface area contributed by atoms with Crippen LogP contribution in [-0.4, -0.2) is 28.6 Å². The van der Waals surface area contributed by atoms with Gasteiger partial charge in [0.1, 0.15) is 4.64 Å². The SMILES string of the molecule is CC(CO)C(C)NC(=O)c1ccc[nH]c1=S. The molecule has 1 amide bonds. The number of amides is 1. The van der Waals surface area contributed by atoms with E-state index in [0.29, 0.717) is 10.2 Å². The van der Waals surface area contributed by atoms with Crippen LogP contribution in [0.3, 0.4) is 0 Å². The zero-order valence-corrected chi connectivity index (χ0v) is 10.2. The van der Waals surface area contributed by atoms with Crippen LogP contribution >= 0.6 is 12.2 Å². The van der Waals surface area contributed by atoms with Gasteiger partial charge in [-0.15, -0.1) is 0 Å². The number of hydrogen-bond acceptors (Lipinski definition) is 3. The van der Waals surface area contributed by atoms with Gasteiger partial charge in [-0.05, 0) is 25.0 Å². The summed E-state index contributed by atoms with van der Waals surface area (Å²) in [6.45, 7) is 3.77. The van der Waals surface area contributed by atoms with E-state index >= 15 is 0 Å². The Labute approximate surface area is 99.7 Å². The molecule has 0 spiro atoms. The van der Waals surface area contributed by atoms with Crippen LogP contribution in [0.2, 0.25) is 0 Å². The molecule has 2 unspecified atom stereocenters. The molecule has 1 aromatic rings. The summed E-state index contributed by atoms with van der Waals surface area (Å²) in [5.74, 6) is -0.195. The highest BCUT2D eigenvalue weighted by Gasteiger charge is 2.15. The van der Waals surface area contributed by atoms with Gasteiger partial charge in [-0.25, -0.2) is 0 Å². The van der Waals surface area contributed by atoms with E-state index in [-0.39, 0.29) is 24.5 Å². The molecule has 4 nitrogen and oxygen atoms in total. The van der Waals surface area contributed by atoms with E-state index in [9.17, 15) is 4.79 Å². The number of aliphatic hydroxyl groups excluding tert-OH is 1. The highest BCUT2D eigenvalue weighted by molar-refractivity contribution is 7.71. The second kappa shape index (κ2) is 5.77. The molecule has 0 aliphatic carbocycles. The Bertz CT molecular complexity index is 416. The van der Waals surface area contributed by atoms with Crippen LogP contribution in [0.4, 0.5) is 0 Å². The largest absolute Gasteiger partial charge is 0.396 e. The van der Waals surface area contributed by atoms with Gasteiger partial charge < -0.3 is 15.4 Å². The first-order valence-corrected chi connectivity index (χ1v) is 5.56. The lowest BCUT2D eigenvalue weighted by Gasteiger charge is -2.19. The smallest absolute Gasteiger partial charge is 0.254 e. The molecule has 0 aromatic carbocycles. The second-order valence-electron chi connectivity index (χ2n) is 3.83. The number of H-pyrrole nitrogens is 1. The van der Waals surface area contributed by atoms with Crippen LogP contribution in [0.1, 0.15) is 24.2 Å². The van der Waals surface area contributed by atoms with Crippen LogP contribution in [0.5, 0.6) is 0 Å². The maximum Gasteiger partial charge on any atom is 0.254 e. The van der Waals surface area contributed by atoms with Crippen LogP contribution in [0, 0.1) is 10.6 Å². The van der Waals surface area contributed by atoms with Gasteiger partial charge in [0.15, 0.2) is 0 Å². The van der Waals surface area contributed by atoms with Crippen molar-refractivity contribution < 1.29 is 9.90 Å². The molecule has 0 saturated carbocycles. The molecule has 0 bridgehead atoms. The average molecular weight is 240 g/mol. The highest BCUT2D eigenvalue weighted by atomic mass is 32.1.